The second-order valence-electron chi connectivity index (χ2n) is 3.72. The van der Waals surface area contributed by atoms with E-state index in [1.165, 1.54) is 0 Å². The molecule has 2 rings (SSSR count). The number of nitrogens with one attached hydrogen (secondary N) is 1. The number of carbonyl (C=O) groups is 1. The van der Waals surface area contributed by atoms with Crippen LogP contribution in [0.15, 0.2) is 45.5 Å². The summed E-state index contributed by atoms with van der Waals surface area (Å²) in [6.45, 7) is 2.31. The van der Waals surface area contributed by atoms with Gasteiger partial charge in [0.25, 0.3) is 5.91 Å². The van der Waals surface area contributed by atoms with Gasteiger partial charge >= 0.3 is 0 Å². The summed E-state index contributed by atoms with van der Waals surface area (Å²) in [6.07, 6.45) is 1.59. The Morgan fingerprint density at radius 1 is 1.41 bits per heavy atom. The number of hydrogen-bond donors (Lipinski definition) is 1. The molecule has 0 fully saturated rings. The van der Waals surface area contributed by atoms with Crippen molar-refractivity contribution in [1.29, 1.82) is 0 Å². The SMILES string of the molecule is Cc1ccc(Br)cc1C(=O)NCc1ccco1. The Kier molecular flexibility index (Phi) is 3.64. The van der Waals surface area contributed by atoms with Gasteiger partial charge in [0.15, 0.2) is 0 Å². The van der Waals surface area contributed by atoms with Crippen molar-refractivity contribution in [3.63, 3.8) is 0 Å². The molecule has 0 aliphatic heterocycles. The summed E-state index contributed by atoms with van der Waals surface area (Å²) >= 11 is 3.36. The quantitative estimate of drug-likeness (QED) is 0.944. The smallest absolute Gasteiger partial charge is 0.251 e. The highest BCUT2D eigenvalue weighted by atomic mass is 79.9. The minimum absolute atomic E-state index is 0.0970. The van der Waals surface area contributed by atoms with E-state index in [1.807, 2.05) is 31.2 Å². The van der Waals surface area contributed by atoms with Gasteiger partial charge in [-0.3, -0.25) is 4.79 Å². The molecule has 0 saturated heterocycles. The molecule has 1 aromatic carbocycles. The van der Waals surface area contributed by atoms with E-state index in [0.29, 0.717) is 12.1 Å². The van der Waals surface area contributed by atoms with Gasteiger partial charge in [-0.25, -0.2) is 0 Å². The molecule has 0 aliphatic rings. The normalized spacial score (nSPS) is 10.2. The van der Waals surface area contributed by atoms with E-state index in [0.717, 1.165) is 15.8 Å². The Bertz CT molecular complexity index is 520. The van der Waals surface area contributed by atoms with E-state index < -0.39 is 0 Å². The lowest BCUT2D eigenvalue weighted by Gasteiger charge is -2.06. The topological polar surface area (TPSA) is 42.2 Å². The summed E-state index contributed by atoms with van der Waals surface area (Å²) in [5.74, 6) is 0.645. The summed E-state index contributed by atoms with van der Waals surface area (Å²) < 4.78 is 6.04. The van der Waals surface area contributed by atoms with Crippen molar-refractivity contribution in [3.05, 3.63) is 58.0 Å². The highest BCUT2D eigenvalue weighted by Crippen LogP contribution is 2.16. The van der Waals surface area contributed by atoms with Gasteiger partial charge in [-0.2, -0.15) is 0 Å². The Morgan fingerprint density at radius 3 is 2.94 bits per heavy atom. The van der Waals surface area contributed by atoms with Crippen LogP contribution in [-0.4, -0.2) is 5.91 Å². The number of benzene rings is 1. The van der Waals surface area contributed by atoms with E-state index in [2.05, 4.69) is 21.2 Å². The molecule has 1 aromatic heterocycles. The number of aryl methyl sites for hydroxylation is 1. The van der Waals surface area contributed by atoms with Gasteiger partial charge in [-0.1, -0.05) is 22.0 Å². The lowest BCUT2D eigenvalue weighted by molar-refractivity contribution is 0.0947. The third-order valence-corrected chi connectivity index (χ3v) is 2.94. The number of furan rings is 1. The molecule has 0 saturated carbocycles. The van der Waals surface area contributed by atoms with Crippen LogP contribution >= 0.6 is 15.9 Å². The van der Waals surface area contributed by atoms with Crippen LogP contribution in [0, 0.1) is 6.92 Å². The molecule has 17 heavy (non-hydrogen) atoms. The first kappa shape index (κ1) is 11.9. The molecular formula is C13H12BrNO2. The van der Waals surface area contributed by atoms with Gasteiger partial charge in [0, 0.05) is 10.0 Å². The highest BCUT2D eigenvalue weighted by Gasteiger charge is 2.09. The Balaban J connectivity index is 2.07. The van der Waals surface area contributed by atoms with Crippen molar-refractivity contribution < 1.29 is 9.21 Å². The second kappa shape index (κ2) is 5.19. The predicted molar refractivity (Wildman–Crippen MR) is 68.8 cm³/mol. The zero-order valence-electron chi connectivity index (χ0n) is 9.37. The maximum Gasteiger partial charge on any atom is 0.251 e. The minimum Gasteiger partial charge on any atom is -0.467 e. The van der Waals surface area contributed by atoms with Crippen LogP contribution in [0.2, 0.25) is 0 Å². The van der Waals surface area contributed by atoms with E-state index in [4.69, 9.17) is 4.42 Å². The summed E-state index contributed by atoms with van der Waals surface area (Å²) in [7, 11) is 0. The fourth-order valence-electron chi connectivity index (χ4n) is 1.51. The van der Waals surface area contributed by atoms with Crippen LogP contribution in [0.1, 0.15) is 21.7 Å². The Hall–Kier alpha value is -1.55. The van der Waals surface area contributed by atoms with Gasteiger partial charge in [-0.05, 0) is 36.8 Å². The minimum atomic E-state index is -0.0970. The van der Waals surface area contributed by atoms with Crippen LogP contribution in [0.25, 0.3) is 0 Å². The molecule has 4 heteroatoms. The molecule has 88 valence electrons. The van der Waals surface area contributed by atoms with Crippen LogP contribution in [0.4, 0.5) is 0 Å². The van der Waals surface area contributed by atoms with Crippen molar-refractivity contribution in [1.82, 2.24) is 5.32 Å². The second-order valence-corrected chi connectivity index (χ2v) is 4.64. The molecule has 2 aromatic rings. The van der Waals surface area contributed by atoms with E-state index in [-0.39, 0.29) is 5.91 Å². The molecule has 1 heterocycles. The molecule has 0 aliphatic carbocycles. The molecule has 3 nitrogen and oxygen atoms in total. The van der Waals surface area contributed by atoms with Crippen LogP contribution in [0.5, 0.6) is 0 Å². The standard InChI is InChI=1S/C13H12BrNO2/c1-9-4-5-10(14)7-12(9)13(16)15-8-11-3-2-6-17-11/h2-7H,8H2,1H3,(H,15,16). The van der Waals surface area contributed by atoms with Crippen LogP contribution < -0.4 is 5.32 Å². The monoisotopic (exact) mass is 293 g/mol. The summed E-state index contributed by atoms with van der Waals surface area (Å²) in [4.78, 5) is 11.9. The zero-order valence-corrected chi connectivity index (χ0v) is 11.0. The van der Waals surface area contributed by atoms with E-state index in [9.17, 15) is 4.79 Å². The fraction of sp³-hybridized carbons (Fsp3) is 0.154. The zero-order chi connectivity index (χ0) is 12.3. The third-order valence-electron chi connectivity index (χ3n) is 2.45. The average molecular weight is 294 g/mol. The molecular weight excluding hydrogens is 282 g/mol. The van der Waals surface area contributed by atoms with Gasteiger partial charge in [0.2, 0.25) is 0 Å². The number of amides is 1. The number of halogens is 1. The average Bonchev–Trinajstić information content (AvgIpc) is 2.82. The van der Waals surface area contributed by atoms with Crippen molar-refractivity contribution in [2.45, 2.75) is 13.5 Å². The maximum absolute atomic E-state index is 11.9. The molecule has 1 amide bonds. The number of hydrogen-bond acceptors (Lipinski definition) is 2. The Morgan fingerprint density at radius 2 is 2.24 bits per heavy atom. The van der Waals surface area contributed by atoms with Crippen LogP contribution in [-0.2, 0) is 6.54 Å². The summed E-state index contributed by atoms with van der Waals surface area (Å²) in [5.41, 5.74) is 1.62. The summed E-state index contributed by atoms with van der Waals surface area (Å²) in [6, 6.07) is 9.26. The van der Waals surface area contributed by atoms with E-state index in [1.54, 1.807) is 12.3 Å². The third kappa shape index (κ3) is 2.97. The maximum atomic E-state index is 11.9. The molecule has 0 radical (unpaired) electrons. The van der Waals surface area contributed by atoms with Crippen molar-refractivity contribution in [2.24, 2.45) is 0 Å². The molecule has 0 spiro atoms. The lowest BCUT2D eigenvalue weighted by atomic mass is 10.1. The van der Waals surface area contributed by atoms with E-state index >= 15 is 0 Å². The Labute approximate surface area is 108 Å². The van der Waals surface area contributed by atoms with Crippen molar-refractivity contribution >= 4 is 21.8 Å². The molecule has 0 atom stereocenters. The number of rotatable bonds is 3. The number of carbonyl (C=O) groups excluding carboxylic acids is 1. The first-order valence-corrected chi connectivity index (χ1v) is 6.03. The molecule has 0 unspecified atom stereocenters. The van der Waals surface area contributed by atoms with Gasteiger partial charge < -0.3 is 9.73 Å². The van der Waals surface area contributed by atoms with Gasteiger partial charge in [-0.15, -0.1) is 0 Å². The van der Waals surface area contributed by atoms with Crippen molar-refractivity contribution in [2.75, 3.05) is 0 Å². The first-order chi connectivity index (χ1) is 8.16. The lowest BCUT2D eigenvalue weighted by Crippen LogP contribution is -2.23. The molecule has 1 N–H and O–H groups in total. The van der Waals surface area contributed by atoms with Gasteiger partial charge in [0.05, 0.1) is 12.8 Å². The van der Waals surface area contributed by atoms with Crippen molar-refractivity contribution in [3.8, 4) is 0 Å². The first-order valence-electron chi connectivity index (χ1n) is 5.23. The predicted octanol–water partition coefficient (Wildman–Crippen LogP) is 3.28. The molecule has 0 bridgehead atoms. The van der Waals surface area contributed by atoms with Crippen LogP contribution in [0.3, 0.4) is 0 Å². The highest BCUT2D eigenvalue weighted by molar-refractivity contribution is 9.10. The largest absolute Gasteiger partial charge is 0.467 e. The van der Waals surface area contributed by atoms with Gasteiger partial charge in [0.1, 0.15) is 5.76 Å². The fourth-order valence-corrected chi connectivity index (χ4v) is 1.88. The summed E-state index contributed by atoms with van der Waals surface area (Å²) in [5, 5.41) is 2.82.